The van der Waals surface area contributed by atoms with Gasteiger partial charge in [-0.1, -0.05) is 32.0 Å². The van der Waals surface area contributed by atoms with Gasteiger partial charge in [-0.2, -0.15) is 5.10 Å². The molecule has 1 unspecified atom stereocenters. The van der Waals surface area contributed by atoms with Gasteiger partial charge in [0.25, 0.3) is 0 Å². The van der Waals surface area contributed by atoms with E-state index in [0.29, 0.717) is 5.92 Å². The van der Waals surface area contributed by atoms with Crippen LogP contribution in [0.15, 0.2) is 24.3 Å². The number of hydrogen-bond acceptors (Lipinski definition) is 3. The molecule has 1 heterocycles. The fourth-order valence-corrected chi connectivity index (χ4v) is 2.44. The van der Waals surface area contributed by atoms with E-state index in [1.54, 1.807) is 0 Å². The molecule has 0 saturated carbocycles. The molecule has 0 radical (unpaired) electrons. The number of rotatable bonds is 6. The summed E-state index contributed by atoms with van der Waals surface area (Å²) in [6.45, 7) is 8.06. The zero-order valence-corrected chi connectivity index (χ0v) is 12.1. The Morgan fingerprint density at radius 3 is 2.79 bits per heavy atom. The van der Waals surface area contributed by atoms with Gasteiger partial charge in [0.2, 0.25) is 0 Å². The van der Waals surface area contributed by atoms with Gasteiger partial charge in [0.15, 0.2) is 0 Å². The number of nitrogens with two attached hydrogens (primary N) is 1. The number of hydrogen-bond donors (Lipinski definition) is 1. The number of fused-ring (bicyclic) bond motifs is 1. The van der Waals surface area contributed by atoms with Crippen molar-refractivity contribution in [2.45, 2.75) is 20.4 Å². The summed E-state index contributed by atoms with van der Waals surface area (Å²) < 4.78 is 1.96. The van der Waals surface area contributed by atoms with Gasteiger partial charge in [0.05, 0.1) is 11.2 Å². The fraction of sp³-hybridized carbons (Fsp3) is 0.533. The Morgan fingerprint density at radius 2 is 2.11 bits per heavy atom. The van der Waals surface area contributed by atoms with Gasteiger partial charge >= 0.3 is 0 Å². The van der Waals surface area contributed by atoms with Crippen LogP contribution in [0, 0.1) is 5.92 Å². The summed E-state index contributed by atoms with van der Waals surface area (Å²) in [5, 5.41) is 5.91. The lowest BCUT2D eigenvalue weighted by molar-refractivity contribution is 0.241. The van der Waals surface area contributed by atoms with Crippen molar-refractivity contribution < 1.29 is 0 Å². The van der Waals surface area contributed by atoms with E-state index in [4.69, 9.17) is 5.73 Å². The molecule has 2 N–H and O–H groups in total. The molecular formula is C15H24N4. The van der Waals surface area contributed by atoms with Gasteiger partial charge in [0, 0.05) is 25.5 Å². The quantitative estimate of drug-likeness (QED) is 0.864. The van der Waals surface area contributed by atoms with Gasteiger partial charge in [-0.25, -0.2) is 0 Å². The number of para-hydroxylation sites is 1. The highest BCUT2D eigenvalue weighted by Crippen LogP contribution is 2.19. The number of aromatic nitrogens is 2. The molecule has 0 saturated heterocycles. The minimum Gasteiger partial charge on any atom is -0.330 e. The molecule has 0 spiro atoms. The van der Waals surface area contributed by atoms with Crippen LogP contribution in [-0.4, -0.2) is 34.3 Å². The maximum absolute atomic E-state index is 5.72. The van der Waals surface area contributed by atoms with Crippen LogP contribution in [0.1, 0.15) is 19.5 Å². The summed E-state index contributed by atoms with van der Waals surface area (Å²) >= 11 is 0. The predicted molar refractivity (Wildman–Crippen MR) is 79.9 cm³/mol. The maximum atomic E-state index is 5.72. The van der Waals surface area contributed by atoms with Crippen LogP contribution in [0.3, 0.4) is 0 Å². The lowest BCUT2D eigenvalue weighted by Gasteiger charge is -2.22. The molecular weight excluding hydrogens is 236 g/mol. The second-order valence-electron chi connectivity index (χ2n) is 5.26. The summed E-state index contributed by atoms with van der Waals surface area (Å²) in [6.07, 6.45) is 0. The van der Waals surface area contributed by atoms with E-state index < -0.39 is 0 Å². The molecule has 2 aromatic rings. The molecule has 4 nitrogen and oxygen atoms in total. The Bertz CT molecular complexity index is 532. The first-order chi connectivity index (χ1) is 9.15. The van der Waals surface area contributed by atoms with E-state index in [1.807, 2.05) is 11.7 Å². The number of nitrogens with zero attached hydrogens (tertiary/aromatic N) is 3. The molecule has 2 rings (SSSR count). The molecule has 1 atom stereocenters. The van der Waals surface area contributed by atoms with Crippen LogP contribution in [0.25, 0.3) is 10.9 Å². The lowest BCUT2D eigenvalue weighted by Crippen LogP contribution is -2.31. The van der Waals surface area contributed by atoms with Crippen molar-refractivity contribution in [1.29, 1.82) is 0 Å². The second kappa shape index (κ2) is 6.17. The first kappa shape index (κ1) is 14.0. The summed E-state index contributed by atoms with van der Waals surface area (Å²) in [4.78, 5) is 2.41. The molecule has 4 heteroatoms. The zero-order chi connectivity index (χ0) is 13.8. The van der Waals surface area contributed by atoms with E-state index >= 15 is 0 Å². The number of benzene rings is 1. The molecule has 0 bridgehead atoms. The topological polar surface area (TPSA) is 47.1 Å². The minimum absolute atomic E-state index is 0.523. The third-order valence-corrected chi connectivity index (χ3v) is 3.63. The van der Waals surface area contributed by atoms with Crippen LogP contribution in [0.4, 0.5) is 0 Å². The smallest absolute Gasteiger partial charge is 0.0843 e. The average Bonchev–Trinajstić information content (AvgIpc) is 2.75. The fourth-order valence-electron chi connectivity index (χ4n) is 2.44. The van der Waals surface area contributed by atoms with Gasteiger partial charge < -0.3 is 5.73 Å². The van der Waals surface area contributed by atoms with E-state index in [-0.39, 0.29) is 0 Å². The Balaban J connectivity index is 2.20. The first-order valence-electron chi connectivity index (χ1n) is 6.98. The second-order valence-corrected chi connectivity index (χ2v) is 5.26. The molecule has 0 fully saturated rings. The van der Waals surface area contributed by atoms with Gasteiger partial charge in [-0.3, -0.25) is 9.58 Å². The Labute approximate surface area is 115 Å². The standard InChI is InChI=1S/C15H24N4/c1-4-19(10-12(2)9-16)11-14-13-7-5-6-8-15(13)18(3)17-14/h5-8,12H,4,9-11,16H2,1-3H3. The summed E-state index contributed by atoms with van der Waals surface area (Å²) in [5.74, 6) is 0.523. The van der Waals surface area contributed by atoms with Crippen LogP contribution in [0.2, 0.25) is 0 Å². The molecule has 0 amide bonds. The monoisotopic (exact) mass is 260 g/mol. The van der Waals surface area contributed by atoms with Crippen molar-refractivity contribution >= 4 is 10.9 Å². The van der Waals surface area contributed by atoms with Crippen LogP contribution >= 0.6 is 0 Å². The summed E-state index contributed by atoms with van der Waals surface area (Å²) in [6, 6.07) is 8.40. The molecule has 19 heavy (non-hydrogen) atoms. The minimum atomic E-state index is 0.523. The van der Waals surface area contributed by atoms with Crippen LogP contribution < -0.4 is 5.73 Å². The average molecular weight is 260 g/mol. The number of aryl methyl sites for hydroxylation is 1. The molecule has 104 valence electrons. The van der Waals surface area contributed by atoms with Crippen molar-refractivity contribution in [2.24, 2.45) is 18.7 Å². The van der Waals surface area contributed by atoms with E-state index in [2.05, 4.69) is 48.1 Å². The Morgan fingerprint density at radius 1 is 1.37 bits per heavy atom. The third-order valence-electron chi connectivity index (χ3n) is 3.63. The molecule has 0 aliphatic carbocycles. The van der Waals surface area contributed by atoms with E-state index in [9.17, 15) is 0 Å². The highest BCUT2D eigenvalue weighted by molar-refractivity contribution is 5.81. The van der Waals surface area contributed by atoms with E-state index in [0.717, 1.165) is 31.9 Å². The Hall–Kier alpha value is -1.39. The molecule has 1 aromatic heterocycles. The first-order valence-corrected chi connectivity index (χ1v) is 6.98. The molecule has 0 aliphatic heterocycles. The molecule has 1 aromatic carbocycles. The van der Waals surface area contributed by atoms with Gasteiger partial charge in [-0.05, 0) is 25.1 Å². The van der Waals surface area contributed by atoms with Crippen molar-refractivity contribution in [3.8, 4) is 0 Å². The van der Waals surface area contributed by atoms with Crippen molar-refractivity contribution in [3.63, 3.8) is 0 Å². The largest absolute Gasteiger partial charge is 0.330 e. The summed E-state index contributed by atoms with van der Waals surface area (Å²) in [7, 11) is 2.00. The predicted octanol–water partition coefficient (Wildman–Crippen LogP) is 1.99. The van der Waals surface area contributed by atoms with Crippen molar-refractivity contribution in [2.75, 3.05) is 19.6 Å². The third kappa shape index (κ3) is 3.14. The maximum Gasteiger partial charge on any atom is 0.0843 e. The Kier molecular flexibility index (Phi) is 4.56. The van der Waals surface area contributed by atoms with Crippen LogP contribution in [-0.2, 0) is 13.6 Å². The molecule has 0 aliphatic rings. The van der Waals surface area contributed by atoms with Crippen molar-refractivity contribution in [1.82, 2.24) is 14.7 Å². The SMILES string of the molecule is CCN(Cc1nn(C)c2ccccc12)CC(C)CN. The van der Waals surface area contributed by atoms with Crippen LogP contribution in [0.5, 0.6) is 0 Å². The zero-order valence-electron chi connectivity index (χ0n) is 12.1. The highest BCUT2D eigenvalue weighted by Gasteiger charge is 2.13. The van der Waals surface area contributed by atoms with Gasteiger partial charge in [-0.15, -0.1) is 0 Å². The van der Waals surface area contributed by atoms with Crippen molar-refractivity contribution in [3.05, 3.63) is 30.0 Å². The van der Waals surface area contributed by atoms with Gasteiger partial charge in [0.1, 0.15) is 0 Å². The lowest BCUT2D eigenvalue weighted by atomic mass is 10.1. The highest BCUT2D eigenvalue weighted by atomic mass is 15.3. The normalized spacial score (nSPS) is 13.3. The van der Waals surface area contributed by atoms with E-state index in [1.165, 1.54) is 10.9 Å². The summed E-state index contributed by atoms with van der Waals surface area (Å²) in [5.41, 5.74) is 8.07.